The summed E-state index contributed by atoms with van der Waals surface area (Å²) in [6, 6.07) is 4.19. The number of halogens is 3. The van der Waals surface area contributed by atoms with Gasteiger partial charge in [0.25, 0.3) is 0 Å². The van der Waals surface area contributed by atoms with Crippen LogP contribution in [-0.4, -0.2) is 12.1 Å². The zero-order valence-electron chi connectivity index (χ0n) is 7.15. The summed E-state index contributed by atoms with van der Waals surface area (Å²) < 4.78 is 35.8. The van der Waals surface area contributed by atoms with Gasteiger partial charge in [-0.3, -0.25) is 0 Å². The van der Waals surface area contributed by atoms with Gasteiger partial charge in [0.15, 0.2) is 0 Å². The maximum Gasteiger partial charge on any atom is 0.498 e. The van der Waals surface area contributed by atoms with Crippen molar-refractivity contribution in [1.82, 2.24) is 0 Å². The smallest absolute Gasteiger partial charge is 0.234 e. The van der Waals surface area contributed by atoms with E-state index < -0.39 is 12.1 Å². The van der Waals surface area contributed by atoms with Crippen molar-refractivity contribution in [1.29, 1.82) is 5.26 Å². The molecule has 0 amide bonds. The number of nitriles is 1. The van der Waals surface area contributed by atoms with E-state index in [4.69, 9.17) is 5.26 Å². The van der Waals surface area contributed by atoms with Crippen molar-refractivity contribution in [2.75, 3.05) is 0 Å². The molecule has 1 heterocycles. The largest absolute Gasteiger partial charge is 0.498 e. The van der Waals surface area contributed by atoms with E-state index in [1.807, 2.05) is 0 Å². The molecule has 0 fully saturated rings. The monoisotopic (exact) mass is 217 g/mol. The number of carbonyl (C=O) groups is 1. The van der Waals surface area contributed by atoms with Crippen molar-refractivity contribution < 1.29 is 27.5 Å². The third kappa shape index (κ3) is 2.95. The van der Waals surface area contributed by atoms with Gasteiger partial charge >= 0.3 is 12.1 Å². The zero-order chi connectivity index (χ0) is 11.5. The SMILES string of the molecule is N#Cc1cc[n+](OC(=O)C(F)(F)F)cc1. The molecule has 0 spiro atoms. The summed E-state index contributed by atoms with van der Waals surface area (Å²) in [4.78, 5) is 14.3. The fourth-order valence-electron chi connectivity index (χ4n) is 0.696. The molecule has 0 N–H and O–H groups in total. The first kappa shape index (κ1) is 11.0. The highest BCUT2D eigenvalue weighted by Gasteiger charge is 2.44. The number of hydrogen-bond donors (Lipinski definition) is 0. The van der Waals surface area contributed by atoms with Crippen LogP contribution in [0.25, 0.3) is 0 Å². The van der Waals surface area contributed by atoms with E-state index in [9.17, 15) is 18.0 Å². The molecule has 0 aromatic carbocycles. The number of hydrogen-bond acceptors (Lipinski definition) is 3. The zero-order valence-corrected chi connectivity index (χ0v) is 7.15. The van der Waals surface area contributed by atoms with Crippen molar-refractivity contribution in [3.63, 3.8) is 0 Å². The summed E-state index contributed by atoms with van der Waals surface area (Å²) in [5.74, 6) is -2.32. The molecule has 1 rings (SSSR count). The van der Waals surface area contributed by atoms with Gasteiger partial charge in [-0.15, -0.1) is 0 Å². The highest BCUT2D eigenvalue weighted by Crippen LogP contribution is 2.14. The lowest BCUT2D eigenvalue weighted by atomic mass is 10.3. The predicted octanol–water partition coefficient (Wildman–Crippen LogP) is 0.363. The average Bonchev–Trinajstić information content (AvgIpc) is 2.17. The lowest BCUT2D eigenvalue weighted by Crippen LogP contribution is -2.49. The first-order valence-corrected chi connectivity index (χ1v) is 3.64. The van der Waals surface area contributed by atoms with Crippen LogP contribution in [0.5, 0.6) is 0 Å². The van der Waals surface area contributed by atoms with Crippen LogP contribution in [-0.2, 0) is 4.79 Å². The molecule has 78 valence electrons. The van der Waals surface area contributed by atoms with Gasteiger partial charge in [0.1, 0.15) is 0 Å². The molecule has 1 aromatic heterocycles. The van der Waals surface area contributed by atoms with Crippen LogP contribution in [0.4, 0.5) is 13.2 Å². The van der Waals surface area contributed by atoms with E-state index in [1.54, 1.807) is 6.07 Å². The lowest BCUT2D eigenvalue weighted by Gasteiger charge is -1.99. The number of pyridine rings is 1. The third-order valence-corrected chi connectivity index (χ3v) is 1.35. The molecule has 0 unspecified atom stereocenters. The van der Waals surface area contributed by atoms with E-state index in [2.05, 4.69) is 4.84 Å². The van der Waals surface area contributed by atoms with Crippen molar-refractivity contribution in [2.24, 2.45) is 0 Å². The summed E-state index contributed by atoms with van der Waals surface area (Å²) in [7, 11) is 0. The van der Waals surface area contributed by atoms with E-state index in [1.165, 1.54) is 12.1 Å². The molecule has 15 heavy (non-hydrogen) atoms. The van der Waals surface area contributed by atoms with Crippen LogP contribution in [0.3, 0.4) is 0 Å². The van der Waals surface area contributed by atoms with Crippen LogP contribution in [0, 0.1) is 11.3 Å². The van der Waals surface area contributed by atoms with Gasteiger partial charge in [0.05, 0.1) is 11.6 Å². The van der Waals surface area contributed by atoms with Crippen LogP contribution >= 0.6 is 0 Å². The highest BCUT2D eigenvalue weighted by molar-refractivity contribution is 5.75. The third-order valence-electron chi connectivity index (χ3n) is 1.35. The molecule has 7 heteroatoms. The molecule has 0 aliphatic rings. The lowest BCUT2D eigenvalue weighted by molar-refractivity contribution is -0.870. The van der Waals surface area contributed by atoms with Gasteiger partial charge in [0.2, 0.25) is 12.4 Å². The van der Waals surface area contributed by atoms with E-state index in [0.717, 1.165) is 12.4 Å². The Kier molecular flexibility index (Phi) is 2.90. The molecular formula is C8H4F3N2O2+. The molecule has 0 aliphatic carbocycles. The van der Waals surface area contributed by atoms with Gasteiger partial charge < -0.3 is 0 Å². The molecule has 0 atom stereocenters. The van der Waals surface area contributed by atoms with Crippen molar-refractivity contribution in [2.45, 2.75) is 6.18 Å². The second kappa shape index (κ2) is 3.96. The Morgan fingerprint density at radius 3 is 2.33 bits per heavy atom. The Bertz CT molecular complexity index is 405. The predicted molar refractivity (Wildman–Crippen MR) is 39.0 cm³/mol. The second-order valence-electron chi connectivity index (χ2n) is 2.44. The van der Waals surface area contributed by atoms with E-state index in [0.29, 0.717) is 4.73 Å². The Morgan fingerprint density at radius 2 is 1.93 bits per heavy atom. The average molecular weight is 217 g/mol. The fourth-order valence-corrected chi connectivity index (χ4v) is 0.696. The van der Waals surface area contributed by atoms with E-state index in [-0.39, 0.29) is 5.56 Å². The summed E-state index contributed by atoms with van der Waals surface area (Å²) in [5, 5.41) is 8.39. The van der Waals surface area contributed by atoms with Gasteiger partial charge in [-0.2, -0.15) is 23.3 Å². The maximum atomic E-state index is 11.7. The van der Waals surface area contributed by atoms with Crippen LogP contribution in [0.1, 0.15) is 5.56 Å². The Balaban J connectivity index is 2.75. The van der Waals surface area contributed by atoms with Crippen LogP contribution in [0.15, 0.2) is 24.5 Å². The Hall–Kier alpha value is -2.10. The second-order valence-corrected chi connectivity index (χ2v) is 2.44. The summed E-state index contributed by atoms with van der Waals surface area (Å²) in [6.07, 6.45) is -2.98. The molecule has 0 bridgehead atoms. The number of aromatic nitrogens is 1. The standard InChI is InChI=1S/C8H4F3N2O2/c9-8(10,11)7(14)15-13-3-1-6(5-12)2-4-13/h1-4H/q+1. The first-order chi connectivity index (χ1) is 6.93. The normalized spacial score (nSPS) is 10.5. The minimum absolute atomic E-state index is 0.245. The van der Waals surface area contributed by atoms with Crippen molar-refractivity contribution in [3.05, 3.63) is 30.1 Å². The maximum absolute atomic E-state index is 11.7. The number of rotatable bonds is 1. The van der Waals surface area contributed by atoms with E-state index >= 15 is 0 Å². The Labute approximate surface area is 82.1 Å². The quantitative estimate of drug-likeness (QED) is 0.638. The number of nitrogens with zero attached hydrogens (tertiary/aromatic N) is 2. The number of carbonyl (C=O) groups excluding carboxylic acids is 1. The fraction of sp³-hybridized carbons (Fsp3) is 0.125. The molecule has 0 saturated heterocycles. The van der Waals surface area contributed by atoms with Gasteiger partial charge in [0, 0.05) is 16.9 Å². The van der Waals surface area contributed by atoms with Crippen molar-refractivity contribution in [3.8, 4) is 6.07 Å². The first-order valence-electron chi connectivity index (χ1n) is 3.64. The molecule has 1 aromatic rings. The summed E-state index contributed by atoms with van der Waals surface area (Å²) in [5.41, 5.74) is 0.245. The van der Waals surface area contributed by atoms with Crippen molar-refractivity contribution >= 4 is 5.97 Å². The summed E-state index contributed by atoms with van der Waals surface area (Å²) in [6.45, 7) is 0. The molecule has 4 nitrogen and oxygen atoms in total. The Morgan fingerprint density at radius 1 is 1.40 bits per heavy atom. The van der Waals surface area contributed by atoms with Gasteiger partial charge in [-0.05, 0) is 0 Å². The number of alkyl halides is 3. The highest BCUT2D eigenvalue weighted by atomic mass is 19.4. The summed E-state index contributed by atoms with van der Waals surface area (Å²) >= 11 is 0. The minimum atomic E-state index is -5.04. The molecular weight excluding hydrogens is 213 g/mol. The van der Waals surface area contributed by atoms with Crippen LogP contribution in [0.2, 0.25) is 0 Å². The molecule has 0 saturated carbocycles. The van der Waals surface area contributed by atoms with Gasteiger partial charge in [-0.25, -0.2) is 4.79 Å². The molecule has 0 aliphatic heterocycles. The topological polar surface area (TPSA) is 54.0 Å². The molecule has 0 radical (unpaired) electrons. The minimum Gasteiger partial charge on any atom is -0.234 e. The van der Waals surface area contributed by atoms with Crippen LogP contribution < -0.4 is 9.57 Å². The van der Waals surface area contributed by atoms with Gasteiger partial charge in [-0.1, -0.05) is 0 Å².